The Kier molecular flexibility index (Phi) is 7.92. The molecule has 0 fully saturated rings. The van der Waals surface area contributed by atoms with E-state index in [1.165, 1.54) is 29.7 Å². The van der Waals surface area contributed by atoms with Gasteiger partial charge >= 0.3 is 0 Å². The number of aromatic nitrogens is 4. The summed E-state index contributed by atoms with van der Waals surface area (Å²) in [5.74, 6) is 7.41. The van der Waals surface area contributed by atoms with Crippen LogP contribution in [0.2, 0.25) is 0 Å². The molecule has 5 N–H and O–H groups in total. The summed E-state index contributed by atoms with van der Waals surface area (Å²) in [5, 5.41) is 25.8. The van der Waals surface area contributed by atoms with E-state index >= 15 is 0 Å². The summed E-state index contributed by atoms with van der Waals surface area (Å²) in [4.78, 5) is 35.9. The van der Waals surface area contributed by atoms with Crippen LogP contribution < -0.4 is 16.1 Å². The lowest BCUT2D eigenvalue weighted by Gasteiger charge is -2.36. The van der Waals surface area contributed by atoms with Crippen LogP contribution in [0.4, 0.5) is 8.78 Å². The van der Waals surface area contributed by atoms with Crippen LogP contribution in [-0.2, 0) is 9.59 Å². The van der Waals surface area contributed by atoms with Crippen molar-refractivity contribution < 1.29 is 28.4 Å². The van der Waals surface area contributed by atoms with Gasteiger partial charge < -0.3 is 10.6 Å². The maximum absolute atomic E-state index is 13.7. The zero-order valence-electron chi connectivity index (χ0n) is 16.7. The number of tetrazole rings is 1. The Hall–Kier alpha value is -4.36. The van der Waals surface area contributed by atoms with Gasteiger partial charge in [0.1, 0.15) is 11.6 Å². The van der Waals surface area contributed by atoms with Crippen molar-refractivity contribution in [3.8, 4) is 23.7 Å². The van der Waals surface area contributed by atoms with Crippen molar-refractivity contribution in [3.05, 3.63) is 41.2 Å². The Morgan fingerprint density at radius 3 is 2.34 bits per heavy atom. The normalized spacial score (nSPS) is 12.8. The van der Waals surface area contributed by atoms with E-state index in [2.05, 4.69) is 49.6 Å². The van der Waals surface area contributed by atoms with Crippen LogP contribution >= 0.6 is 0 Å². The summed E-state index contributed by atoms with van der Waals surface area (Å²) < 4.78 is 27.3. The molecule has 0 saturated heterocycles. The Balaban J connectivity index is 2.18. The minimum absolute atomic E-state index is 0.0172. The summed E-state index contributed by atoms with van der Waals surface area (Å²) >= 11 is 0. The Bertz CT molecular complexity index is 1100. The van der Waals surface area contributed by atoms with Crippen molar-refractivity contribution in [1.29, 1.82) is 0 Å². The molecule has 2 aromatic rings. The van der Waals surface area contributed by atoms with Gasteiger partial charge in [0.15, 0.2) is 0 Å². The third-order valence-electron chi connectivity index (χ3n) is 4.08. The van der Waals surface area contributed by atoms with Crippen molar-refractivity contribution in [2.75, 3.05) is 0 Å². The van der Waals surface area contributed by atoms with Crippen molar-refractivity contribution in [2.45, 2.75) is 31.9 Å². The number of amides is 3. The second-order valence-corrected chi connectivity index (χ2v) is 6.46. The monoisotopic (exact) mass is 445 g/mol. The third-order valence-corrected chi connectivity index (χ3v) is 4.08. The topological polar surface area (TPSA) is 162 Å². The van der Waals surface area contributed by atoms with Gasteiger partial charge in [0, 0.05) is 18.1 Å². The van der Waals surface area contributed by atoms with Crippen LogP contribution in [0.3, 0.4) is 0 Å². The van der Waals surface area contributed by atoms with E-state index in [1.54, 1.807) is 0 Å². The molecule has 2 rings (SSSR count). The van der Waals surface area contributed by atoms with E-state index < -0.39 is 35.7 Å². The number of H-pyrrole nitrogens is 1. The molecule has 1 heterocycles. The number of nitrogens with zero attached hydrogens (tertiary/aromatic N) is 3. The maximum atomic E-state index is 13.7. The standard InChI is InChI=1S/C19H17F2N7O4/c1-11(29)23-19(2,18(20)21)15(17(31)26-32)22-16(30)13-9-7-12(8-10-13)5-3-4-6-14-24-27-28-25-14/h7-10,15,18,32H,1-2H3,(H,22,30)(H,23,29)(H,26,31)(H,24,25,27,28)/t15-,19?/m1/s1. The highest BCUT2D eigenvalue weighted by Crippen LogP contribution is 2.21. The van der Waals surface area contributed by atoms with Crippen LogP contribution in [-0.4, -0.2) is 61.6 Å². The highest BCUT2D eigenvalue weighted by Gasteiger charge is 2.48. The smallest absolute Gasteiger partial charge is 0.268 e. The highest BCUT2D eigenvalue weighted by molar-refractivity contribution is 5.98. The molecule has 0 spiro atoms. The van der Waals surface area contributed by atoms with E-state index in [0.717, 1.165) is 13.8 Å². The van der Waals surface area contributed by atoms with Crippen molar-refractivity contribution in [3.63, 3.8) is 0 Å². The van der Waals surface area contributed by atoms with Crippen LogP contribution in [0.15, 0.2) is 24.3 Å². The van der Waals surface area contributed by atoms with Crippen LogP contribution in [0, 0.1) is 23.7 Å². The molecule has 0 aliphatic carbocycles. The minimum Gasteiger partial charge on any atom is -0.343 e. The fourth-order valence-corrected chi connectivity index (χ4v) is 2.51. The fraction of sp³-hybridized carbons (Fsp3) is 0.263. The predicted molar refractivity (Wildman–Crippen MR) is 104 cm³/mol. The van der Waals surface area contributed by atoms with Crippen LogP contribution in [0.1, 0.15) is 35.6 Å². The van der Waals surface area contributed by atoms with Crippen LogP contribution in [0.25, 0.3) is 0 Å². The molecule has 13 heteroatoms. The van der Waals surface area contributed by atoms with E-state index in [4.69, 9.17) is 5.21 Å². The lowest BCUT2D eigenvalue weighted by atomic mass is 9.91. The number of benzene rings is 1. The molecule has 3 amide bonds. The second kappa shape index (κ2) is 10.6. The average molecular weight is 445 g/mol. The highest BCUT2D eigenvalue weighted by atomic mass is 19.3. The Morgan fingerprint density at radius 1 is 1.16 bits per heavy atom. The summed E-state index contributed by atoms with van der Waals surface area (Å²) in [6.45, 7) is 1.84. The molecule has 1 aromatic heterocycles. The number of rotatable bonds is 6. The average Bonchev–Trinajstić information content (AvgIpc) is 3.27. The number of hydroxylamine groups is 1. The number of aromatic amines is 1. The first-order valence-corrected chi connectivity index (χ1v) is 8.84. The molecule has 11 nitrogen and oxygen atoms in total. The molecule has 0 radical (unpaired) electrons. The van der Waals surface area contributed by atoms with Crippen molar-refractivity contribution in [2.24, 2.45) is 0 Å². The third kappa shape index (κ3) is 6.07. The quantitative estimate of drug-likeness (QED) is 0.225. The number of alkyl halides is 2. The van der Waals surface area contributed by atoms with Gasteiger partial charge in [-0.25, -0.2) is 14.3 Å². The zero-order chi connectivity index (χ0) is 23.7. The molecule has 1 aromatic carbocycles. The fourth-order valence-electron chi connectivity index (χ4n) is 2.51. The van der Waals surface area contributed by atoms with E-state index in [0.29, 0.717) is 5.56 Å². The van der Waals surface area contributed by atoms with Gasteiger partial charge in [-0.1, -0.05) is 11.0 Å². The van der Waals surface area contributed by atoms with Gasteiger partial charge in [0.05, 0.1) is 0 Å². The molecular formula is C19H17F2N7O4. The molecule has 32 heavy (non-hydrogen) atoms. The first-order chi connectivity index (χ1) is 15.2. The molecular weight excluding hydrogens is 428 g/mol. The summed E-state index contributed by atoms with van der Waals surface area (Å²) in [7, 11) is 0. The minimum atomic E-state index is -3.25. The number of carbonyl (C=O) groups excluding carboxylic acids is 3. The van der Waals surface area contributed by atoms with Crippen molar-refractivity contribution >= 4 is 17.7 Å². The van der Waals surface area contributed by atoms with Crippen molar-refractivity contribution in [1.82, 2.24) is 36.7 Å². The summed E-state index contributed by atoms with van der Waals surface area (Å²) in [5.41, 5.74) is -0.762. The number of nitrogens with one attached hydrogen (secondary N) is 4. The molecule has 0 bridgehead atoms. The first-order valence-electron chi connectivity index (χ1n) is 8.84. The summed E-state index contributed by atoms with van der Waals surface area (Å²) in [6.07, 6.45) is -3.25. The number of halogens is 2. The SMILES string of the molecule is CC(=O)NC(C)(C(F)F)[C@H](NC(=O)c1ccc(C#CC#Cc2nn[nH]n2)cc1)C(=O)NO. The largest absolute Gasteiger partial charge is 0.343 e. The van der Waals surface area contributed by atoms with E-state index in [-0.39, 0.29) is 11.4 Å². The lowest BCUT2D eigenvalue weighted by Crippen LogP contribution is -2.68. The molecule has 166 valence electrons. The van der Waals surface area contributed by atoms with Gasteiger partial charge in [-0.15, -0.1) is 5.10 Å². The number of hydrogen-bond donors (Lipinski definition) is 5. The van der Waals surface area contributed by atoms with Gasteiger partial charge in [0.25, 0.3) is 18.2 Å². The molecule has 0 aliphatic heterocycles. The zero-order valence-corrected chi connectivity index (χ0v) is 16.7. The molecule has 0 aliphatic rings. The van der Waals surface area contributed by atoms with Gasteiger partial charge in [-0.2, -0.15) is 5.21 Å². The maximum Gasteiger partial charge on any atom is 0.268 e. The summed E-state index contributed by atoms with van der Waals surface area (Å²) in [6, 6.07) is 3.65. The number of hydrogen-bond acceptors (Lipinski definition) is 7. The van der Waals surface area contributed by atoms with Crippen LogP contribution in [0.5, 0.6) is 0 Å². The predicted octanol–water partition coefficient (Wildman–Crippen LogP) is -0.633. The lowest BCUT2D eigenvalue weighted by molar-refractivity contribution is -0.137. The molecule has 1 unspecified atom stereocenters. The first kappa shape index (κ1) is 23.9. The Labute approximate surface area is 180 Å². The molecule has 0 saturated carbocycles. The van der Waals surface area contributed by atoms with E-state index in [9.17, 15) is 23.2 Å². The van der Waals surface area contributed by atoms with Gasteiger partial charge in [-0.3, -0.25) is 19.6 Å². The second-order valence-electron chi connectivity index (χ2n) is 6.46. The van der Waals surface area contributed by atoms with E-state index in [1.807, 2.05) is 5.32 Å². The van der Waals surface area contributed by atoms with Gasteiger partial charge in [-0.05, 0) is 54.2 Å². The Morgan fingerprint density at radius 2 is 1.81 bits per heavy atom. The number of carbonyl (C=O) groups is 3. The molecule has 2 atom stereocenters. The van der Waals surface area contributed by atoms with Gasteiger partial charge in [0.2, 0.25) is 11.7 Å².